The molecule has 0 aliphatic heterocycles. The predicted octanol–water partition coefficient (Wildman–Crippen LogP) is 4.55. The van der Waals surface area contributed by atoms with Crippen LogP contribution in [0, 0.1) is 5.92 Å². The van der Waals surface area contributed by atoms with Crippen molar-refractivity contribution in [2.45, 2.75) is 38.8 Å². The number of hydrogen-bond acceptors (Lipinski definition) is 5. The van der Waals surface area contributed by atoms with Crippen molar-refractivity contribution in [1.82, 2.24) is 9.55 Å². The van der Waals surface area contributed by atoms with Gasteiger partial charge in [0.2, 0.25) is 0 Å². The second kappa shape index (κ2) is 7.74. The summed E-state index contributed by atoms with van der Waals surface area (Å²) in [5.41, 5.74) is 1.48. The van der Waals surface area contributed by atoms with E-state index >= 15 is 0 Å². The topological polar surface area (TPSA) is 70.4 Å². The lowest BCUT2D eigenvalue weighted by atomic mass is 10.1. The van der Waals surface area contributed by atoms with Gasteiger partial charge in [-0.3, -0.25) is 9.59 Å². The molecule has 1 saturated carbocycles. The number of benzene rings is 1. The zero-order valence-electron chi connectivity index (χ0n) is 14.2. The van der Waals surface area contributed by atoms with Crippen LogP contribution in [-0.4, -0.2) is 34.2 Å². The van der Waals surface area contributed by atoms with E-state index in [1.165, 1.54) is 13.8 Å². The summed E-state index contributed by atoms with van der Waals surface area (Å²) in [7, 11) is 0. The van der Waals surface area contributed by atoms with Crippen LogP contribution in [0.2, 0.25) is 10.0 Å². The number of fused-ring (bicyclic) bond motifs is 1. The van der Waals surface area contributed by atoms with Gasteiger partial charge in [-0.2, -0.15) is 0 Å². The fraction of sp³-hybridized carbons (Fsp3) is 0.471. The van der Waals surface area contributed by atoms with Crippen molar-refractivity contribution < 1.29 is 19.1 Å². The first kappa shape index (κ1) is 19.5. The van der Waals surface area contributed by atoms with E-state index in [1.54, 1.807) is 12.1 Å². The summed E-state index contributed by atoms with van der Waals surface area (Å²) >= 11 is 15.7. The molecule has 6 nitrogen and oxygen atoms in total. The number of esters is 2. The van der Waals surface area contributed by atoms with Crippen molar-refractivity contribution in [2.24, 2.45) is 5.92 Å². The number of rotatable bonds is 4. The van der Waals surface area contributed by atoms with Crippen molar-refractivity contribution in [3.8, 4) is 0 Å². The maximum atomic E-state index is 11.6. The lowest BCUT2D eigenvalue weighted by Gasteiger charge is -2.22. The average Bonchev–Trinajstić information content (AvgIpc) is 3.05. The summed E-state index contributed by atoms with van der Waals surface area (Å²) in [6.07, 6.45) is 0.928. The first-order valence-corrected chi connectivity index (χ1v) is 9.64. The van der Waals surface area contributed by atoms with Gasteiger partial charge >= 0.3 is 11.9 Å². The van der Waals surface area contributed by atoms with Gasteiger partial charge in [-0.15, -0.1) is 0 Å². The van der Waals surface area contributed by atoms with Crippen LogP contribution in [0.1, 0.15) is 32.7 Å². The molecular weight excluding hydrogens is 447 g/mol. The van der Waals surface area contributed by atoms with Crippen LogP contribution in [0.5, 0.6) is 0 Å². The van der Waals surface area contributed by atoms with E-state index < -0.39 is 0 Å². The van der Waals surface area contributed by atoms with Gasteiger partial charge in [0.05, 0.1) is 33.7 Å². The molecule has 1 fully saturated rings. The van der Waals surface area contributed by atoms with Crippen molar-refractivity contribution in [1.29, 1.82) is 0 Å². The zero-order valence-corrected chi connectivity index (χ0v) is 17.3. The van der Waals surface area contributed by atoms with E-state index in [-0.39, 0.29) is 30.0 Å². The molecule has 0 amide bonds. The Labute approximate surface area is 168 Å². The van der Waals surface area contributed by atoms with E-state index in [4.69, 9.17) is 32.7 Å². The molecule has 0 N–H and O–H groups in total. The van der Waals surface area contributed by atoms with E-state index in [1.807, 2.05) is 4.57 Å². The molecule has 1 heterocycles. The van der Waals surface area contributed by atoms with Crippen LogP contribution in [0.3, 0.4) is 0 Å². The first-order chi connectivity index (χ1) is 12.3. The lowest BCUT2D eigenvalue weighted by molar-refractivity contribution is -0.148. The Balaban J connectivity index is 1.97. The zero-order chi connectivity index (χ0) is 19.0. The number of carbonyl (C=O) groups is 2. The molecule has 1 aliphatic rings. The Morgan fingerprint density at radius 2 is 1.92 bits per heavy atom. The maximum Gasteiger partial charge on any atom is 0.302 e. The third-order valence-electron chi connectivity index (χ3n) is 4.43. The highest BCUT2D eigenvalue weighted by Gasteiger charge is 2.39. The Morgan fingerprint density at radius 1 is 1.23 bits per heavy atom. The van der Waals surface area contributed by atoms with Crippen LogP contribution in [0.25, 0.3) is 11.0 Å². The summed E-state index contributed by atoms with van der Waals surface area (Å²) in [6, 6.07) is 3.30. The van der Waals surface area contributed by atoms with E-state index in [0.29, 0.717) is 39.7 Å². The number of ether oxygens (including phenoxy) is 2. The molecule has 26 heavy (non-hydrogen) atoms. The highest BCUT2D eigenvalue weighted by molar-refractivity contribution is 9.10. The molecule has 1 aromatic carbocycles. The SMILES string of the molecule is CC(=O)OCC1CC(OC(C)=O)[C@H](n2c(Br)nc3cc(Cl)c(Cl)cc32)C1. The molecule has 3 atom stereocenters. The quantitative estimate of drug-likeness (QED) is 0.622. The lowest BCUT2D eigenvalue weighted by Crippen LogP contribution is -2.24. The van der Waals surface area contributed by atoms with Gasteiger partial charge in [0, 0.05) is 13.8 Å². The van der Waals surface area contributed by atoms with Gasteiger partial charge < -0.3 is 14.0 Å². The van der Waals surface area contributed by atoms with Gasteiger partial charge in [-0.25, -0.2) is 4.98 Å². The molecular formula is C17H17BrCl2N2O4. The van der Waals surface area contributed by atoms with Crippen LogP contribution < -0.4 is 0 Å². The molecule has 0 bridgehead atoms. The smallest absolute Gasteiger partial charge is 0.302 e. The summed E-state index contributed by atoms with van der Waals surface area (Å²) in [4.78, 5) is 27.1. The summed E-state index contributed by atoms with van der Waals surface area (Å²) in [6.45, 7) is 3.05. The van der Waals surface area contributed by atoms with Crippen molar-refractivity contribution in [3.63, 3.8) is 0 Å². The molecule has 2 aromatic rings. The average molecular weight is 464 g/mol. The number of hydrogen-bond donors (Lipinski definition) is 0. The molecule has 3 rings (SSSR count). The molecule has 0 spiro atoms. The molecule has 140 valence electrons. The Bertz CT molecular complexity index is 870. The van der Waals surface area contributed by atoms with Crippen molar-refractivity contribution >= 4 is 62.1 Å². The monoisotopic (exact) mass is 462 g/mol. The van der Waals surface area contributed by atoms with Gasteiger partial charge in [0.1, 0.15) is 6.10 Å². The summed E-state index contributed by atoms with van der Waals surface area (Å²) in [5.74, 6) is -0.594. The van der Waals surface area contributed by atoms with Crippen LogP contribution >= 0.6 is 39.1 Å². The normalized spacial score (nSPS) is 22.6. The van der Waals surface area contributed by atoms with Crippen molar-refractivity contribution in [2.75, 3.05) is 6.61 Å². The summed E-state index contributed by atoms with van der Waals surface area (Å²) in [5, 5.41) is 0.846. The standard InChI is InChI=1S/C17H17BrCl2N2O4/c1-8(23)25-7-10-3-15(16(4-10)26-9(2)24)22-14-6-12(20)11(19)5-13(14)21-17(22)18/h5-6,10,15-16H,3-4,7H2,1-2H3/t10?,15-,16?/m1/s1. The maximum absolute atomic E-state index is 11.6. The van der Waals surface area contributed by atoms with Gasteiger partial charge in [0.25, 0.3) is 0 Å². The van der Waals surface area contributed by atoms with Gasteiger partial charge in [-0.05, 0) is 46.8 Å². The van der Waals surface area contributed by atoms with Gasteiger partial charge in [-0.1, -0.05) is 23.2 Å². The Morgan fingerprint density at radius 3 is 2.58 bits per heavy atom. The minimum Gasteiger partial charge on any atom is -0.466 e. The Hall–Kier alpha value is -1.31. The molecule has 9 heteroatoms. The second-order valence-electron chi connectivity index (χ2n) is 6.36. The van der Waals surface area contributed by atoms with E-state index in [9.17, 15) is 9.59 Å². The van der Waals surface area contributed by atoms with E-state index in [2.05, 4.69) is 20.9 Å². The molecule has 0 radical (unpaired) electrons. The van der Waals surface area contributed by atoms with Crippen LogP contribution in [0.15, 0.2) is 16.9 Å². The number of nitrogens with zero attached hydrogens (tertiary/aromatic N) is 2. The number of aromatic nitrogens is 2. The third kappa shape index (κ3) is 4.00. The minimum atomic E-state index is -0.352. The molecule has 2 unspecified atom stereocenters. The van der Waals surface area contributed by atoms with Crippen molar-refractivity contribution in [3.05, 3.63) is 26.9 Å². The molecule has 0 saturated heterocycles. The predicted molar refractivity (Wildman–Crippen MR) is 101 cm³/mol. The fourth-order valence-electron chi connectivity index (χ4n) is 3.43. The molecule has 1 aromatic heterocycles. The van der Waals surface area contributed by atoms with Crippen LogP contribution in [-0.2, 0) is 19.1 Å². The first-order valence-electron chi connectivity index (χ1n) is 8.09. The Kier molecular flexibility index (Phi) is 5.79. The minimum absolute atomic E-state index is 0.0837. The van der Waals surface area contributed by atoms with E-state index in [0.717, 1.165) is 5.52 Å². The number of imidazole rings is 1. The van der Waals surface area contributed by atoms with Gasteiger partial charge in [0.15, 0.2) is 4.73 Å². The fourth-order valence-corrected chi connectivity index (χ4v) is 4.40. The second-order valence-corrected chi connectivity index (χ2v) is 7.88. The van der Waals surface area contributed by atoms with Crippen LogP contribution in [0.4, 0.5) is 0 Å². The third-order valence-corrected chi connectivity index (χ3v) is 5.71. The highest BCUT2D eigenvalue weighted by Crippen LogP contribution is 2.42. The highest BCUT2D eigenvalue weighted by atomic mass is 79.9. The number of halogens is 3. The molecule has 1 aliphatic carbocycles. The largest absolute Gasteiger partial charge is 0.466 e. The summed E-state index contributed by atoms with van der Waals surface area (Å²) < 4.78 is 13.2. The number of carbonyl (C=O) groups excluding carboxylic acids is 2.